The van der Waals surface area contributed by atoms with Crippen molar-refractivity contribution in [2.24, 2.45) is 5.73 Å². The molecule has 1 unspecified atom stereocenters. The largest absolute Gasteiger partial charge is 0.324 e. The number of nitrogens with two attached hydrogens (primary N) is 1. The molecule has 1 heterocycles. The smallest absolute Gasteiger partial charge is 0.0596 e. The number of nitrogens with zero attached hydrogens (tertiary/aromatic N) is 2. The Morgan fingerprint density at radius 2 is 2.17 bits per heavy atom. The minimum Gasteiger partial charge on any atom is -0.324 e. The van der Waals surface area contributed by atoms with E-state index < -0.39 is 0 Å². The van der Waals surface area contributed by atoms with Crippen LogP contribution in [0.15, 0.2) is 30.3 Å². The first kappa shape index (κ1) is 13.5. The van der Waals surface area contributed by atoms with Crippen molar-refractivity contribution in [3.8, 4) is 0 Å². The number of aryl methyl sites for hydroxylation is 2. The number of halogens is 1. The van der Waals surface area contributed by atoms with Gasteiger partial charge in [-0.1, -0.05) is 12.1 Å². The maximum atomic E-state index is 6.28. The standard InChI is InChI=1S/C14H18IN3/c1-3-18-13(7-10(2)17-18)9-14(16)11-5-4-6-12(15)8-11/h4-8,14H,3,9,16H2,1-2H3. The lowest BCUT2D eigenvalue weighted by Gasteiger charge is -2.13. The second-order valence-electron chi connectivity index (χ2n) is 4.46. The van der Waals surface area contributed by atoms with Gasteiger partial charge in [0.25, 0.3) is 0 Å². The zero-order valence-electron chi connectivity index (χ0n) is 10.7. The van der Waals surface area contributed by atoms with Gasteiger partial charge in [-0.3, -0.25) is 4.68 Å². The molecule has 0 radical (unpaired) electrons. The lowest BCUT2D eigenvalue weighted by atomic mass is 10.0. The van der Waals surface area contributed by atoms with Gasteiger partial charge < -0.3 is 5.73 Å². The molecule has 0 amide bonds. The average molecular weight is 355 g/mol. The fourth-order valence-corrected chi connectivity index (χ4v) is 2.68. The Labute approximate surface area is 122 Å². The Bertz CT molecular complexity index is 534. The van der Waals surface area contributed by atoms with Gasteiger partial charge in [-0.2, -0.15) is 5.10 Å². The summed E-state index contributed by atoms with van der Waals surface area (Å²) in [6.07, 6.45) is 0.828. The number of hydrogen-bond donors (Lipinski definition) is 1. The fourth-order valence-electron chi connectivity index (χ4n) is 2.12. The molecule has 1 aromatic carbocycles. The number of aromatic nitrogens is 2. The molecule has 0 aliphatic carbocycles. The molecular formula is C14H18IN3. The summed E-state index contributed by atoms with van der Waals surface area (Å²) < 4.78 is 3.25. The van der Waals surface area contributed by atoms with E-state index in [0.29, 0.717) is 0 Å². The summed E-state index contributed by atoms with van der Waals surface area (Å²) in [5.74, 6) is 0. The molecule has 4 heteroatoms. The second-order valence-corrected chi connectivity index (χ2v) is 5.70. The number of benzene rings is 1. The van der Waals surface area contributed by atoms with Gasteiger partial charge >= 0.3 is 0 Å². The van der Waals surface area contributed by atoms with Crippen LogP contribution in [0.1, 0.15) is 29.9 Å². The summed E-state index contributed by atoms with van der Waals surface area (Å²) in [5.41, 5.74) is 9.73. The molecule has 1 atom stereocenters. The molecule has 2 aromatic rings. The summed E-state index contributed by atoms with van der Waals surface area (Å²) in [6.45, 7) is 5.02. The SMILES string of the molecule is CCn1nc(C)cc1CC(N)c1cccc(I)c1. The number of rotatable bonds is 4. The van der Waals surface area contributed by atoms with E-state index in [4.69, 9.17) is 5.73 Å². The van der Waals surface area contributed by atoms with Gasteiger partial charge in [-0.25, -0.2) is 0 Å². The summed E-state index contributed by atoms with van der Waals surface area (Å²) in [5, 5.41) is 4.45. The summed E-state index contributed by atoms with van der Waals surface area (Å²) >= 11 is 2.31. The molecule has 0 spiro atoms. The topological polar surface area (TPSA) is 43.8 Å². The van der Waals surface area contributed by atoms with Gasteiger partial charge in [-0.15, -0.1) is 0 Å². The van der Waals surface area contributed by atoms with Crippen molar-refractivity contribution in [3.05, 3.63) is 50.9 Å². The van der Waals surface area contributed by atoms with E-state index in [0.717, 1.165) is 18.7 Å². The highest BCUT2D eigenvalue weighted by Crippen LogP contribution is 2.18. The Balaban J connectivity index is 2.18. The normalized spacial score (nSPS) is 12.7. The molecule has 0 bridgehead atoms. The van der Waals surface area contributed by atoms with Crippen molar-refractivity contribution in [2.45, 2.75) is 32.9 Å². The Hall–Kier alpha value is -0.880. The van der Waals surface area contributed by atoms with Crippen LogP contribution in [0, 0.1) is 10.5 Å². The zero-order chi connectivity index (χ0) is 13.1. The van der Waals surface area contributed by atoms with E-state index >= 15 is 0 Å². The summed E-state index contributed by atoms with van der Waals surface area (Å²) in [7, 11) is 0. The molecule has 2 rings (SSSR count). The van der Waals surface area contributed by atoms with E-state index in [1.165, 1.54) is 14.8 Å². The van der Waals surface area contributed by atoms with Crippen molar-refractivity contribution in [1.29, 1.82) is 0 Å². The minimum absolute atomic E-state index is 0.0288. The first-order chi connectivity index (χ1) is 8.60. The van der Waals surface area contributed by atoms with Gasteiger partial charge in [0.2, 0.25) is 0 Å². The summed E-state index contributed by atoms with van der Waals surface area (Å²) in [6, 6.07) is 10.5. The summed E-state index contributed by atoms with van der Waals surface area (Å²) in [4.78, 5) is 0. The van der Waals surface area contributed by atoms with E-state index in [9.17, 15) is 0 Å². The average Bonchev–Trinajstić information content (AvgIpc) is 2.69. The van der Waals surface area contributed by atoms with Crippen molar-refractivity contribution in [1.82, 2.24) is 9.78 Å². The molecule has 0 fully saturated rings. The Kier molecular flexibility index (Phi) is 4.40. The highest BCUT2D eigenvalue weighted by atomic mass is 127. The van der Waals surface area contributed by atoms with E-state index in [1.807, 2.05) is 11.6 Å². The second kappa shape index (κ2) is 5.84. The fraction of sp³-hybridized carbons (Fsp3) is 0.357. The third-order valence-electron chi connectivity index (χ3n) is 2.99. The highest BCUT2D eigenvalue weighted by molar-refractivity contribution is 14.1. The Morgan fingerprint density at radius 1 is 1.39 bits per heavy atom. The lowest BCUT2D eigenvalue weighted by molar-refractivity contribution is 0.587. The molecule has 0 aliphatic rings. The van der Waals surface area contributed by atoms with Gasteiger partial charge in [0.05, 0.1) is 5.69 Å². The molecule has 0 aliphatic heterocycles. The van der Waals surface area contributed by atoms with Crippen LogP contribution in [-0.2, 0) is 13.0 Å². The lowest BCUT2D eigenvalue weighted by Crippen LogP contribution is -2.16. The highest BCUT2D eigenvalue weighted by Gasteiger charge is 2.11. The van der Waals surface area contributed by atoms with E-state index in [-0.39, 0.29) is 6.04 Å². The zero-order valence-corrected chi connectivity index (χ0v) is 12.9. The first-order valence-corrected chi connectivity index (χ1v) is 7.22. The van der Waals surface area contributed by atoms with Crippen molar-refractivity contribution >= 4 is 22.6 Å². The van der Waals surface area contributed by atoms with Crippen molar-refractivity contribution in [3.63, 3.8) is 0 Å². The van der Waals surface area contributed by atoms with E-state index in [2.05, 4.69) is 64.9 Å². The molecule has 2 N–H and O–H groups in total. The van der Waals surface area contributed by atoms with Gasteiger partial charge in [0.15, 0.2) is 0 Å². The predicted molar refractivity (Wildman–Crippen MR) is 82.4 cm³/mol. The Morgan fingerprint density at radius 3 is 2.83 bits per heavy atom. The molecule has 18 heavy (non-hydrogen) atoms. The molecule has 3 nitrogen and oxygen atoms in total. The maximum absolute atomic E-state index is 6.28. The van der Waals surface area contributed by atoms with Gasteiger partial charge in [0.1, 0.15) is 0 Å². The molecule has 0 saturated heterocycles. The molecule has 1 aromatic heterocycles. The van der Waals surface area contributed by atoms with Gasteiger partial charge in [-0.05, 0) is 60.2 Å². The van der Waals surface area contributed by atoms with Gasteiger partial charge in [0, 0.05) is 28.3 Å². The van der Waals surface area contributed by atoms with Crippen LogP contribution in [0.3, 0.4) is 0 Å². The van der Waals surface area contributed by atoms with Crippen molar-refractivity contribution in [2.75, 3.05) is 0 Å². The molecule has 0 saturated carbocycles. The van der Waals surface area contributed by atoms with Crippen LogP contribution < -0.4 is 5.73 Å². The van der Waals surface area contributed by atoms with Crippen molar-refractivity contribution < 1.29 is 0 Å². The third kappa shape index (κ3) is 3.11. The predicted octanol–water partition coefficient (Wildman–Crippen LogP) is 3.06. The van der Waals surface area contributed by atoms with E-state index in [1.54, 1.807) is 0 Å². The monoisotopic (exact) mass is 355 g/mol. The quantitative estimate of drug-likeness (QED) is 0.857. The van der Waals surface area contributed by atoms with Crippen LogP contribution in [0.4, 0.5) is 0 Å². The number of hydrogen-bond acceptors (Lipinski definition) is 2. The van der Waals surface area contributed by atoms with Crippen LogP contribution in [0.25, 0.3) is 0 Å². The first-order valence-electron chi connectivity index (χ1n) is 6.14. The molecule has 96 valence electrons. The molecular weight excluding hydrogens is 337 g/mol. The van der Waals surface area contributed by atoms with Crippen LogP contribution >= 0.6 is 22.6 Å². The maximum Gasteiger partial charge on any atom is 0.0596 e. The van der Waals surface area contributed by atoms with Crippen LogP contribution in [-0.4, -0.2) is 9.78 Å². The third-order valence-corrected chi connectivity index (χ3v) is 3.66. The van der Waals surface area contributed by atoms with Crippen LogP contribution in [0.5, 0.6) is 0 Å². The van der Waals surface area contributed by atoms with Crippen LogP contribution in [0.2, 0.25) is 0 Å². The minimum atomic E-state index is 0.0288.